The first kappa shape index (κ1) is 20.7. The van der Waals surface area contributed by atoms with Crippen LogP contribution in [0.1, 0.15) is 0 Å². The smallest absolute Gasteiger partial charge is 0.330 e. The van der Waals surface area contributed by atoms with Gasteiger partial charge in [-0.25, -0.2) is 9.18 Å². The van der Waals surface area contributed by atoms with E-state index in [0.29, 0.717) is 17.1 Å². The van der Waals surface area contributed by atoms with Crippen LogP contribution >= 0.6 is 0 Å². The van der Waals surface area contributed by atoms with Gasteiger partial charge in [0.1, 0.15) is 5.82 Å². The van der Waals surface area contributed by atoms with Crippen LogP contribution in [0.15, 0.2) is 42.5 Å². The van der Waals surface area contributed by atoms with Crippen LogP contribution in [0.25, 0.3) is 11.4 Å². The maximum absolute atomic E-state index is 13.1. The number of amides is 1. The van der Waals surface area contributed by atoms with E-state index < -0.39 is 24.3 Å². The highest BCUT2D eigenvalue weighted by Crippen LogP contribution is 2.30. The average molecular weight is 415 g/mol. The number of benzene rings is 2. The van der Waals surface area contributed by atoms with Crippen LogP contribution in [0.3, 0.4) is 0 Å². The van der Waals surface area contributed by atoms with E-state index in [2.05, 4.69) is 20.7 Å². The van der Waals surface area contributed by atoms with Gasteiger partial charge in [0.2, 0.25) is 5.82 Å². The Morgan fingerprint density at radius 3 is 2.63 bits per heavy atom. The molecule has 10 nitrogen and oxygen atoms in total. The summed E-state index contributed by atoms with van der Waals surface area (Å²) in [4.78, 5) is 24.8. The van der Waals surface area contributed by atoms with Gasteiger partial charge in [0.25, 0.3) is 5.91 Å². The summed E-state index contributed by atoms with van der Waals surface area (Å²) >= 11 is 0. The van der Waals surface area contributed by atoms with E-state index in [-0.39, 0.29) is 18.1 Å². The quantitative estimate of drug-likeness (QED) is 0.552. The molecule has 0 bridgehead atoms. The maximum Gasteiger partial charge on any atom is 0.330 e. The predicted octanol–water partition coefficient (Wildman–Crippen LogP) is 1.68. The fraction of sp³-hybridized carbons (Fsp3) is 0.211. The van der Waals surface area contributed by atoms with E-state index in [9.17, 15) is 14.0 Å². The highest BCUT2D eigenvalue weighted by Gasteiger charge is 2.14. The average Bonchev–Trinajstić information content (AvgIpc) is 3.20. The summed E-state index contributed by atoms with van der Waals surface area (Å²) in [5, 5.41) is 14.2. The van der Waals surface area contributed by atoms with E-state index in [4.69, 9.17) is 14.2 Å². The van der Waals surface area contributed by atoms with Crippen LogP contribution in [0.5, 0.6) is 11.5 Å². The second-order valence-corrected chi connectivity index (χ2v) is 5.93. The Hall–Kier alpha value is -4.02. The number of aromatic nitrogens is 4. The van der Waals surface area contributed by atoms with Gasteiger partial charge in [-0.2, -0.15) is 4.80 Å². The lowest BCUT2D eigenvalue weighted by Gasteiger charge is -2.07. The van der Waals surface area contributed by atoms with Gasteiger partial charge in [0, 0.05) is 11.3 Å². The molecule has 156 valence electrons. The number of tetrazole rings is 1. The minimum Gasteiger partial charge on any atom is -0.493 e. The number of nitrogens with zero attached hydrogens (tertiary/aromatic N) is 4. The number of esters is 1. The lowest BCUT2D eigenvalue weighted by Crippen LogP contribution is -2.23. The van der Waals surface area contributed by atoms with Gasteiger partial charge in [-0.05, 0) is 41.6 Å². The molecule has 11 heteroatoms. The molecule has 1 aromatic heterocycles. The van der Waals surface area contributed by atoms with Gasteiger partial charge in [-0.15, -0.1) is 10.2 Å². The third-order valence-corrected chi connectivity index (χ3v) is 3.84. The Labute approximate surface area is 170 Å². The van der Waals surface area contributed by atoms with Gasteiger partial charge in [-0.3, -0.25) is 4.79 Å². The predicted molar refractivity (Wildman–Crippen MR) is 102 cm³/mol. The first-order chi connectivity index (χ1) is 14.5. The minimum absolute atomic E-state index is 0.258. The molecule has 30 heavy (non-hydrogen) atoms. The van der Waals surface area contributed by atoms with Gasteiger partial charge in [-0.1, -0.05) is 6.07 Å². The highest BCUT2D eigenvalue weighted by atomic mass is 19.1. The van der Waals surface area contributed by atoms with Crippen molar-refractivity contribution in [3.8, 4) is 22.9 Å². The topological polar surface area (TPSA) is 117 Å². The van der Waals surface area contributed by atoms with Gasteiger partial charge < -0.3 is 19.5 Å². The van der Waals surface area contributed by atoms with Crippen molar-refractivity contribution in [2.24, 2.45) is 0 Å². The molecule has 0 aliphatic heterocycles. The first-order valence-electron chi connectivity index (χ1n) is 8.69. The summed E-state index contributed by atoms with van der Waals surface area (Å²) in [6.45, 7) is -0.875. The number of anilines is 1. The normalized spacial score (nSPS) is 10.4. The molecule has 2 aromatic carbocycles. The lowest BCUT2D eigenvalue weighted by atomic mass is 10.2. The largest absolute Gasteiger partial charge is 0.493 e. The number of nitrogens with one attached hydrogen (secondary N) is 1. The maximum atomic E-state index is 13.1. The molecule has 0 saturated carbocycles. The minimum atomic E-state index is -0.736. The number of hydrogen-bond acceptors (Lipinski definition) is 8. The van der Waals surface area contributed by atoms with Crippen molar-refractivity contribution >= 4 is 17.6 Å². The van der Waals surface area contributed by atoms with E-state index in [1.807, 2.05) is 0 Å². The van der Waals surface area contributed by atoms with Crippen LogP contribution in [0.2, 0.25) is 0 Å². The van der Waals surface area contributed by atoms with Crippen LogP contribution < -0.4 is 14.8 Å². The fourth-order valence-electron chi connectivity index (χ4n) is 2.47. The third-order valence-electron chi connectivity index (χ3n) is 3.84. The molecule has 0 atom stereocenters. The summed E-state index contributed by atoms with van der Waals surface area (Å²) in [6.07, 6.45) is 0. The molecule has 0 aliphatic carbocycles. The molecule has 0 radical (unpaired) electrons. The molecule has 0 spiro atoms. The number of carbonyl (C=O) groups is 2. The monoisotopic (exact) mass is 415 g/mol. The molecule has 3 aromatic rings. The first-order valence-corrected chi connectivity index (χ1v) is 8.69. The van der Waals surface area contributed by atoms with Crippen molar-refractivity contribution in [3.63, 3.8) is 0 Å². The zero-order chi connectivity index (χ0) is 21.5. The number of methoxy groups -OCH3 is 2. The number of rotatable bonds is 8. The summed E-state index contributed by atoms with van der Waals surface area (Å²) in [6, 6.07) is 10.4. The standard InChI is InChI=1S/C19H18FN5O5/c1-28-15-7-6-12(8-16(15)29-2)19-22-24-25(23-19)10-18(27)30-11-17(26)21-14-5-3-4-13(20)9-14/h3-9H,10-11H2,1-2H3,(H,21,26). The molecule has 0 fully saturated rings. The number of hydrogen-bond donors (Lipinski definition) is 1. The van der Waals surface area contributed by atoms with Gasteiger partial charge in [0.05, 0.1) is 14.2 Å². The SMILES string of the molecule is COc1ccc(-c2nnn(CC(=O)OCC(=O)Nc3cccc(F)c3)n2)cc1OC. The van der Waals surface area contributed by atoms with E-state index in [0.717, 1.165) is 10.9 Å². The molecule has 1 amide bonds. The molecular weight excluding hydrogens is 397 g/mol. The highest BCUT2D eigenvalue weighted by molar-refractivity contribution is 5.92. The van der Waals surface area contributed by atoms with Gasteiger partial charge in [0.15, 0.2) is 24.7 Å². The molecular formula is C19H18FN5O5. The number of ether oxygens (including phenoxy) is 3. The second kappa shape index (κ2) is 9.45. The zero-order valence-electron chi connectivity index (χ0n) is 16.2. The van der Waals surface area contributed by atoms with Crippen molar-refractivity contribution in [1.29, 1.82) is 0 Å². The van der Waals surface area contributed by atoms with Crippen molar-refractivity contribution in [1.82, 2.24) is 20.2 Å². The van der Waals surface area contributed by atoms with Crippen molar-refractivity contribution in [3.05, 3.63) is 48.3 Å². The van der Waals surface area contributed by atoms with Crippen molar-refractivity contribution < 1.29 is 28.2 Å². The number of halogens is 1. The Balaban J connectivity index is 1.54. The van der Waals surface area contributed by atoms with E-state index >= 15 is 0 Å². The van der Waals surface area contributed by atoms with Crippen LogP contribution in [0.4, 0.5) is 10.1 Å². The number of carbonyl (C=O) groups excluding carboxylic acids is 2. The summed E-state index contributed by atoms with van der Waals surface area (Å²) in [5.41, 5.74) is 0.871. The van der Waals surface area contributed by atoms with E-state index in [1.165, 1.54) is 32.4 Å². The fourth-order valence-corrected chi connectivity index (χ4v) is 2.47. The summed E-state index contributed by atoms with van der Waals surface area (Å²) < 4.78 is 28.4. The second-order valence-electron chi connectivity index (χ2n) is 5.93. The van der Waals surface area contributed by atoms with Crippen LogP contribution in [0, 0.1) is 5.82 Å². The molecule has 0 saturated heterocycles. The van der Waals surface area contributed by atoms with Crippen LogP contribution in [-0.4, -0.2) is 52.9 Å². The Bertz CT molecular complexity index is 1060. The molecule has 1 N–H and O–H groups in total. The third kappa shape index (κ3) is 5.28. The summed E-state index contributed by atoms with van der Waals surface area (Å²) in [5.74, 6) is -0.518. The van der Waals surface area contributed by atoms with E-state index in [1.54, 1.807) is 18.2 Å². The molecule has 0 aliphatic rings. The summed E-state index contributed by atoms with van der Waals surface area (Å²) in [7, 11) is 3.03. The Kier molecular flexibility index (Phi) is 6.53. The van der Waals surface area contributed by atoms with Crippen molar-refractivity contribution in [2.75, 3.05) is 26.1 Å². The molecule has 3 rings (SSSR count). The van der Waals surface area contributed by atoms with Crippen molar-refractivity contribution in [2.45, 2.75) is 6.54 Å². The lowest BCUT2D eigenvalue weighted by molar-refractivity contribution is -0.148. The van der Waals surface area contributed by atoms with Crippen LogP contribution in [-0.2, 0) is 20.9 Å². The molecule has 0 unspecified atom stereocenters. The Morgan fingerprint density at radius 2 is 1.90 bits per heavy atom. The zero-order valence-corrected chi connectivity index (χ0v) is 16.2. The van der Waals surface area contributed by atoms with Gasteiger partial charge >= 0.3 is 5.97 Å². The molecule has 1 heterocycles. The Morgan fingerprint density at radius 1 is 1.10 bits per heavy atom.